The van der Waals surface area contributed by atoms with Gasteiger partial charge in [-0.05, 0) is 31.4 Å². The van der Waals surface area contributed by atoms with E-state index < -0.39 is 0 Å². The highest BCUT2D eigenvalue weighted by Crippen LogP contribution is 2.15. The van der Waals surface area contributed by atoms with Crippen molar-refractivity contribution in [2.45, 2.75) is 47.1 Å². The minimum Gasteiger partial charge on any atom is -0.294 e. The Morgan fingerprint density at radius 3 is 2.00 bits per heavy atom. The fraction of sp³-hybridized carbons (Fsp3) is 0.900. The third-order valence-electron chi connectivity index (χ3n) is 1.82. The van der Waals surface area contributed by atoms with Gasteiger partial charge in [0, 0.05) is 0 Å². The zero-order chi connectivity index (χ0) is 8.85. The van der Waals surface area contributed by atoms with Crippen molar-refractivity contribution in [2.24, 2.45) is 16.8 Å². The summed E-state index contributed by atoms with van der Waals surface area (Å²) in [5.41, 5.74) is 0. The number of hydrogen-bond donors (Lipinski definition) is 0. The van der Waals surface area contributed by atoms with Gasteiger partial charge >= 0.3 is 0 Å². The standard InChI is InChI=1S/C10H21N/c1-6-11-10(9(4)5)7-8(2)3/h6,8-10H,7H2,1-5H3/b11-6+. The van der Waals surface area contributed by atoms with Gasteiger partial charge in [0.25, 0.3) is 0 Å². The van der Waals surface area contributed by atoms with Crippen LogP contribution in [-0.2, 0) is 0 Å². The van der Waals surface area contributed by atoms with Gasteiger partial charge in [0.2, 0.25) is 0 Å². The second-order valence-corrected chi connectivity index (χ2v) is 3.85. The lowest BCUT2D eigenvalue weighted by Crippen LogP contribution is -2.15. The van der Waals surface area contributed by atoms with Gasteiger partial charge in [-0.2, -0.15) is 0 Å². The van der Waals surface area contributed by atoms with Gasteiger partial charge < -0.3 is 0 Å². The average Bonchev–Trinajstić information content (AvgIpc) is 1.86. The Kier molecular flexibility index (Phi) is 5.18. The molecule has 0 N–H and O–H groups in total. The second-order valence-electron chi connectivity index (χ2n) is 3.85. The molecule has 1 nitrogen and oxygen atoms in total. The van der Waals surface area contributed by atoms with Crippen molar-refractivity contribution in [3.8, 4) is 0 Å². The Balaban J connectivity index is 3.89. The average molecular weight is 155 g/mol. The van der Waals surface area contributed by atoms with Crippen LogP contribution in [0, 0.1) is 11.8 Å². The molecule has 0 aliphatic rings. The van der Waals surface area contributed by atoms with Crippen LogP contribution < -0.4 is 0 Å². The first kappa shape index (κ1) is 10.7. The highest BCUT2D eigenvalue weighted by molar-refractivity contribution is 5.53. The van der Waals surface area contributed by atoms with E-state index in [0.29, 0.717) is 12.0 Å². The van der Waals surface area contributed by atoms with Crippen LogP contribution in [0.15, 0.2) is 4.99 Å². The van der Waals surface area contributed by atoms with E-state index in [2.05, 4.69) is 32.7 Å². The van der Waals surface area contributed by atoms with E-state index in [-0.39, 0.29) is 0 Å². The van der Waals surface area contributed by atoms with Crippen molar-refractivity contribution in [3.63, 3.8) is 0 Å². The van der Waals surface area contributed by atoms with E-state index in [4.69, 9.17) is 0 Å². The van der Waals surface area contributed by atoms with Crippen LogP contribution in [0.4, 0.5) is 0 Å². The fourth-order valence-electron chi connectivity index (χ4n) is 1.18. The van der Waals surface area contributed by atoms with Gasteiger partial charge in [0.1, 0.15) is 0 Å². The molecule has 0 heterocycles. The first-order valence-corrected chi connectivity index (χ1v) is 4.55. The highest BCUT2D eigenvalue weighted by atomic mass is 14.8. The second kappa shape index (κ2) is 5.34. The first-order chi connectivity index (χ1) is 5.07. The molecular formula is C10H21N. The molecular weight excluding hydrogens is 134 g/mol. The highest BCUT2D eigenvalue weighted by Gasteiger charge is 2.11. The largest absolute Gasteiger partial charge is 0.294 e. The molecule has 0 aromatic carbocycles. The SMILES string of the molecule is C/C=N/C(CC(C)C)C(C)C. The summed E-state index contributed by atoms with van der Waals surface area (Å²) in [7, 11) is 0. The van der Waals surface area contributed by atoms with Crippen LogP contribution in [0.25, 0.3) is 0 Å². The fourth-order valence-corrected chi connectivity index (χ4v) is 1.18. The Morgan fingerprint density at radius 1 is 1.18 bits per heavy atom. The van der Waals surface area contributed by atoms with Gasteiger partial charge in [0.05, 0.1) is 6.04 Å². The summed E-state index contributed by atoms with van der Waals surface area (Å²) in [5.74, 6) is 1.43. The summed E-state index contributed by atoms with van der Waals surface area (Å²) in [6.45, 7) is 11.0. The molecule has 0 aromatic rings. The van der Waals surface area contributed by atoms with Crippen LogP contribution in [0.5, 0.6) is 0 Å². The lowest BCUT2D eigenvalue weighted by atomic mass is 9.95. The van der Waals surface area contributed by atoms with Crippen molar-refractivity contribution >= 4 is 6.21 Å². The molecule has 0 bridgehead atoms. The third kappa shape index (κ3) is 5.00. The summed E-state index contributed by atoms with van der Waals surface area (Å²) < 4.78 is 0. The number of aliphatic imine (C=N–C) groups is 1. The van der Waals surface area contributed by atoms with Crippen molar-refractivity contribution in [2.75, 3.05) is 0 Å². The monoisotopic (exact) mass is 155 g/mol. The predicted molar refractivity (Wildman–Crippen MR) is 52.2 cm³/mol. The van der Waals surface area contributed by atoms with E-state index in [9.17, 15) is 0 Å². The zero-order valence-electron chi connectivity index (χ0n) is 8.46. The van der Waals surface area contributed by atoms with Gasteiger partial charge in [0.15, 0.2) is 0 Å². The maximum absolute atomic E-state index is 4.44. The van der Waals surface area contributed by atoms with E-state index >= 15 is 0 Å². The van der Waals surface area contributed by atoms with Gasteiger partial charge in [-0.15, -0.1) is 0 Å². The van der Waals surface area contributed by atoms with Crippen LogP contribution in [0.2, 0.25) is 0 Å². The minimum absolute atomic E-state index is 0.528. The summed E-state index contributed by atoms with van der Waals surface area (Å²) in [6.07, 6.45) is 3.13. The van der Waals surface area contributed by atoms with Crippen molar-refractivity contribution in [1.82, 2.24) is 0 Å². The van der Waals surface area contributed by atoms with Crippen LogP contribution in [0.3, 0.4) is 0 Å². The Hall–Kier alpha value is -0.330. The molecule has 0 spiro atoms. The minimum atomic E-state index is 0.528. The van der Waals surface area contributed by atoms with Crippen LogP contribution in [-0.4, -0.2) is 12.3 Å². The van der Waals surface area contributed by atoms with Crippen molar-refractivity contribution in [3.05, 3.63) is 0 Å². The number of rotatable bonds is 4. The molecule has 0 saturated carbocycles. The maximum atomic E-state index is 4.44. The van der Waals surface area contributed by atoms with Crippen molar-refractivity contribution in [1.29, 1.82) is 0 Å². The van der Waals surface area contributed by atoms with E-state index in [1.54, 1.807) is 0 Å². The molecule has 0 fully saturated rings. The molecule has 1 heteroatoms. The summed E-state index contributed by atoms with van der Waals surface area (Å²) in [6, 6.07) is 0.528. The van der Waals surface area contributed by atoms with Crippen LogP contribution >= 0.6 is 0 Å². The molecule has 11 heavy (non-hydrogen) atoms. The molecule has 0 rings (SSSR count). The Labute approximate surface area is 70.9 Å². The first-order valence-electron chi connectivity index (χ1n) is 4.55. The number of nitrogens with zero attached hydrogens (tertiary/aromatic N) is 1. The third-order valence-corrected chi connectivity index (χ3v) is 1.82. The smallest absolute Gasteiger partial charge is 0.0520 e. The van der Waals surface area contributed by atoms with E-state index in [1.807, 2.05) is 13.1 Å². The lowest BCUT2D eigenvalue weighted by Gasteiger charge is -2.17. The van der Waals surface area contributed by atoms with Crippen LogP contribution in [0.1, 0.15) is 41.0 Å². The quantitative estimate of drug-likeness (QED) is 0.553. The Morgan fingerprint density at radius 2 is 1.73 bits per heavy atom. The maximum Gasteiger partial charge on any atom is 0.0520 e. The van der Waals surface area contributed by atoms with Gasteiger partial charge in [-0.3, -0.25) is 4.99 Å². The molecule has 0 aliphatic heterocycles. The predicted octanol–water partition coefficient (Wildman–Crippen LogP) is 3.15. The topological polar surface area (TPSA) is 12.4 Å². The molecule has 1 unspecified atom stereocenters. The zero-order valence-corrected chi connectivity index (χ0v) is 8.46. The van der Waals surface area contributed by atoms with E-state index in [1.165, 1.54) is 6.42 Å². The summed E-state index contributed by atoms with van der Waals surface area (Å²) in [5, 5.41) is 0. The molecule has 0 aromatic heterocycles. The van der Waals surface area contributed by atoms with Crippen molar-refractivity contribution < 1.29 is 0 Å². The number of hydrogen-bond acceptors (Lipinski definition) is 1. The molecule has 1 atom stereocenters. The lowest BCUT2D eigenvalue weighted by molar-refractivity contribution is 0.409. The Bertz CT molecular complexity index is 114. The van der Waals surface area contributed by atoms with E-state index in [0.717, 1.165) is 5.92 Å². The molecule has 0 aliphatic carbocycles. The molecule has 66 valence electrons. The normalized spacial score (nSPS) is 15.2. The van der Waals surface area contributed by atoms with Gasteiger partial charge in [-0.25, -0.2) is 0 Å². The molecule has 0 saturated heterocycles. The molecule has 0 radical (unpaired) electrons. The summed E-state index contributed by atoms with van der Waals surface area (Å²) in [4.78, 5) is 4.44. The summed E-state index contributed by atoms with van der Waals surface area (Å²) >= 11 is 0. The van der Waals surface area contributed by atoms with Gasteiger partial charge in [-0.1, -0.05) is 27.7 Å². The molecule has 0 amide bonds.